The molecule has 1 saturated heterocycles. The van der Waals surface area contributed by atoms with Crippen molar-refractivity contribution in [1.82, 2.24) is 10.2 Å². The summed E-state index contributed by atoms with van der Waals surface area (Å²) < 4.78 is 5.63. The monoisotopic (exact) mass is 394 g/mol. The summed E-state index contributed by atoms with van der Waals surface area (Å²) in [5.41, 5.74) is 2.05. The maximum absolute atomic E-state index is 13.2. The van der Waals surface area contributed by atoms with Crippen molar-refractivity contribution in [3.8, 4) is 0 Å². The lowest BCUT2D eigenvalue weighted by atomic mass is 10.0. The van der Waals surface area contributed by atoms with Gasteiger partial charge in [0, 0.05) is 32.5 Å². The molecular weight excluding hydrogens is 364 g/mol. The number of benzene rings is 2. The second-order valence-electron chi connectivity index (χ2n) is 7.45. The van der Waals surface area contributed by atoms with Crippen LogP contribution in [0.4, 0.5) is 0 Å². The third kappa shape index (κ3) is 6.16. The fourth-order valence-electron chi connectivity index (χ4n) is 3.67. The molecule has 2 aromatic rings. The van der Waals surface area contributed by atoms with Gasteiger partial charge in [-0.15, -0.1) is 0 Å². The lowest BCUT2D eigenvalue weighted by Crippen LogP contribution is -2.51. The van der Waals surface area contributed by atoms with Gasteiger partial charge in [0.15, 0.2) is 0 Å². The fraction of sp³-hybridized carbons (Fsp3) is 0.417. The molecule has 0 aromatic heterocycles. The molecule has 0 saturated carbocycles. The predicted octanol–water partition coefficient (Wildman–Crippen LogP) is 3.33. The Kier molecular flexibility index (Phi) is 7.82. The average molecular weight is 395 g/mol. The van der Waals surface area contributed by atoms with Crippen LogP contribution >= 0.6 is 0 Å². The van der Waals surface area contributed by atoms with Gasteiger partial charge in [-0.25, -0.2) is 0 Å². The van der Waals surface area contributed by atoms with E-state index in [1.807, 2.05) is 67.6 Å². The van der Waals surface area contributed by atoms with Gasteiger partial charge in [0.25, 0.3) is 0 Å². The highest BCUT2D eigenvalue weighted by Gasteiger charge is 2.30. The van der Waals surface area contributed by atoms with Crippen molar-refractivity contribution in [3.63, 3.8) is 0 Å². The van der Waals surface area contributed by atoms with Crippen LogP contribution in [0.2, 0.25) is 0 Å². The van der Waals surface area contributed by atoms with Gasteiger partial charge in [-0.05, 0) is 24.0 Å². The fourth-order valence-corrected chi connectivity index (χ4v) is 3.67. The van der Waals surface area contributed by atoms with Crippen LogP contribution in [0.25, 0.3) is 0 Å². The summed E-state index contributed by atoms with van der Waals surface area (Å²) in [6.07, 6.45) is 2.91. The van der Waals surface area contributed by atoms with Gasteiger partial charge >= 0.3 is 0 Å². The van der Waals surface area contributed by atoms with Crippen LogP contribution in [0.5, 0.6) is 0 Å². The summed E-state index contributed by atoms with van der Waals surface area (Å²) in [5.74, 6) is -0.149. The molecule has 1 fully saturated rings. The molecule has 154 valence electrons. The standard InChI is InChI=1S/C24H30N2O3/c1-2-23(27)26(18-20-12-7-4-8-13-20)22(16-19-10-5-3-6-11-19)24(28)25-17-21-14-9-15-29-21/h3-8,10-13,21-22H,2,9,14-18H2,1H3,(H,25,28)/t21-,22-/m0/s1. The number of hydrogen-bond acceptors (Lipinski definition) is 3. The minimum atomic E-state index is -0.563. The molecule has 3 rings (SSSR count). The lowest BCUT2D eigenvalue weighted by molar-refractivity contribution is -0.141. The number of carbonyl (C=O) groups is 2. The summed E-state index contributed by atoms with van der Waals surface area (Å²) in [4.78, 5) is 27.7. The molecule has 1 aliphatic rings. The Bertz CT molecular complexity index is 773. The molecule has 5 nitrogen and oxygen atoms in total. The number of nitrogens with one attached hydrogen (secondary N) is 1. The van der Waals surface area contributed by atoms with E-state index < -0.39 is 6.04 Å². The SMILES string of the molecule is CCC(=O)N(Cc1ccccc1)[C@@H](Cc1ccccc1)C(=O)NC[C@@H]1CCCO1. The molecule has 2 atom stereocenters. The van der Waals surface area contributed by atoms with E-state index in [2.05, 4.69) is 5.32 Å². The highest BCUT2D eigenvalue weighted by atomic mass is 16.5. The van der Waals surface area contributed by atoms with Crippen LogP contribution in [0.3, 0.4) is 0 Å². The highest BCUT2D eigenvalue weighted by Crippen LogP contribution is 2.16. The molecule has 0 spiro atoms. The van der Waals surface area contributed by atoms with Crippen molar-refractivity contribution >= 4 is 11.8 Å². The molecule has 1 aliphatic heterocycles. The number of carbonyl (C=O) groups excluding carboxylic acids is 2. The van der Waals surface area contributed by atoms with Crippen molar-refractivity contribution in [3.05, 3.63) is 71.8 Å². The zero-order valence-corrected chi connectivity index (χ0v) is 17.0. The Morgan fingerprint density at radius 3 is 2.31 bits per heavy atom. The van der Waals surface area contributed by atoms with Gasteiger partial charge in [-0.1, -0.05) is 67.6 Å². The van der Waals surface area contributed by atoms with Gasteiger partial charge < -0.3 is 15.0 Å². The Hall–Kier alpha value is -2.66. The molecule has 0 aliphatic carbocycles. The third-order valence-electron chi connectivity index (χ3n) is 5.30. The van der Waals surface area contributed by atoms with E-state index in [0.29, 0.717) is 25.9 Å². The normalized spacial score (nSPS) is 16.9. The Balaban J connectivity index is 1.80. The Morgan fingerprint density at radius 2 is 1.72 bits per heavy atom. The number of amides is 2. The molecule has 29 heavy (non-hydrogen) atoms. The van der Waals surface area contributed by atoms with Crippen LogP contribution in [-0.4, -0.2) is 42.0 Å². The van der Waals surface area contributed by atoms with Gasteiger partial charge in [-0.2, -0.15) is 0 Å². The summed E-state index contributed by atoms with van der Waals surface area (Å²) in [5, 5.41) is 3.03. The van der Waals surface area contributed by atoms with E-state index in [4.69, 9.17) is 4.74 Å². The van der Waals surface area contributed by atoms with E-state index in [1.165, 1.54) is 0 Å². The average Bonchev–Trinajstić information content (AvgIpc) is 3.29. The smallest absolute Gasteiger partial charge is 0.243 e. The summed E-state index contributed by atoms with van der Waals surface area (Å²) in [7, 11) is 0. The summed E-state index contributed by atoms with van der Waals surface area (Å²) in [6.45, 7) is 3.49. The van der Waals surface area contributed by atoms with Crippen LogP contribution in [0.15, 0.2) is 60.7 Å². The number of nitrogens with zero attached hydrogens (tertiary/aromatic N) is 1. The molecule has 0 radical (unpaired) electrons. The van der Waals surface area contributed by atoms with Crippen LogP contribution in [-0.2, 0) is 27.3 Å². The van der Waals surface area contributed by atoms with E-state index >= 15 is 0 Å². The first-order chi connectivity index (χ1) is 14.2. The zero-order chi connectivity index (χ0) is 20.5. The van der Waals surface area contributed by atoms with Gasteiger partial charge in [-0.3, -0.25) is 9.59 Å². The van der Waals surface area contributed by atoms with E-state index in [9.17, 15) is 9.59 Å². The second-order valence-corrected chi connectivity index (χ2v) is 7.45. The number of hydrogen-bond donors (Lipinski definition) is 1. The predicted molar refractivity (Wildman–Crippen MR) is 113 cm³/mol. The maximum atomic E-state index is 13.2. The minimum absolute atomic E-state index is 0.0259. The molecule has 5 heteroatoms. The zero-order valence-electron chi connectivity index (χ0n) is 17.0. The highest BCUT2D eigenvalue weighted by molar-refractivity contribution is 5.88. The van der Waals surface area contributed by atoms with Crippen molar-refractivity contribution in [2.75, 3.05) is 13.2 Å². The topological polar surface area (TPSA) is 58.6 Å². The summed E-state index contributed by atoms with van der Waals surface area (Å²) >= 11 is 0. The summed E-state index contributed by atoms with van der Waals surface area (Å²) in [6, 6.07) is 19.1. The Labute approximate surface area is 173 Å². The quantitative estimate of drug-likeness (QED) is 0.710. The molecule has 0 unspecified atom stereocenters. The molecular formula is C24H30N2O3. The van der Waals surface area contributed by atoms with Gasteiger partial charge in [0.2, 0.25) is 11.8 Å². The van der Waals surface area contributed by atoms with Crippen molar-refractivity contribution in [1.29, 1.82) is 0 Å². The number of rotatable bonds is 9. The van der Waals surface area contributed by atoms with E-state index in [1.54, 1.807) is 4.90 Å². The van der Waals surface area contributed by atoms with Crippen LogP contribution in [0, 0.1) is 0 Å². The van der Waals surface area contributed by atoms with Crippen LogP contribution < -0.4 is 5.32 Å². The first-order valence-electron chi connectivity index (χ1n) is 10.4. The molecule has 2 aromatic carbocycles. The van der Waals surface area contributed by atoms with E-state index in [-0.39, 0.29) is 17.9 Å². The molecule has 2 amide bonds. The van der Waals surface area contributed by atoms with Crippen molar-refractivity contribution in [2.24, 2.45) is 0 Å². The molecule has 1 N–H and O–H groups in total. The second kappa shape index (κ2) is 10.8. The maximum Gasteiger partial charge on any atom is 0.243 e. The van der Waals surface area contributed by atoms with Gasteiger partial charge in [0.1, 0.15) is 6.04 Å². The lowest BCUT2D eigenvalue weighted by Gasteiger charge is -2.31. The minimum Gasteiger partial charge on any atom is -0.376 e. The first-order valence-corrected chi connectivity index (χ1v) is 10.4. The van der Waals surface area contributed by atoms with Crippen LogP contribution in [0.1, 0.15) is 37.3 Å². The Morgan fingerprint density at radius 1 is 1.07 bits per heavy atom. The van der Waals surface area contributed by atoms with Gasteiger partial charge in [0.05, 0.1) is 6.10 Å². The third-order valence-corrected chi connectivity index (χ3v) is 5.30. The van der Waals surface area contributed by atoms with E-state index in [0.717, 1.165) is 30.6 Å². The largest absolute Gasteiger partial charge is 0.376 e. The molecule has 1 heterocycles. The first kappa shape index (κ1) is 21.1. The van der Waals surface area contributed by atoms with Crippen molar-refractivity contribution < 1.29 is 14.3 Å². The number of ether oxygens (including phenoxy) is 1. The van der Waals surface area contributed by atoms with Crippen molar-refractivity contribution in [2.45, 2.75) is 51.3 Å². The molecule has 0 bridgehead atoms.